The summed E-state index contributed by atoms with van der Waals surface area (Å²) in [5.74, 6) is 1.22. The maximum Gasteiger partial charge on any atom is 0.233 e. The Morgan fingerprint density at radius 1 is 1.44 bits per heavy atom. The second kappa shape index (κ2) is 7.79. The van der Waals surface area contributed by atoms with E-state index in [1.165, 1.54) is 11.3 Å². The van der Waals surface area contributed by atoms with Crippen LogP contribution in [0.4, 0.5) is 5.13 Å². The second-order valence-electron chi connectivity index (χ2n) is 6.23. The third-order valence-electron chi connectivity index (χ3n) is 4.01. The molecule has 2 aromatic rings. The molecule has 1 aliphatic rings. The summed E-state index contributed by atoms with van der Waals surface area (Å²) in [7, 11) is 5.65. The van der Waals surface area contributed by atoms with Gasteiger partial charge in [0.25, 0.3) is 0 Å². The van der Waals surface area contributed by atoms with Crippen LogP contribution in [0.1, 0.15) is 10.6 Å². The first-order chi connectivity index (χ1) is 12.0. The number of carbonyl (C=O) groups excluding carboxylic acids is 1. The van der Waals surface area contributed by atoms with Gasteiger partial charge in [-0.3, -0.25) is 4.79 Å². The van der Waals surface area contributed by atoms with Crippen LogP contribution in [0.2, 0.25) is 0 Å². The maximum absolute atomic E-state index is 12.5. The Bertz CT molecular complexity index is 747. The van der Waals surface area contributed by atoms with Gasteiger partial charge in [-0.15, -0.1) is 10.2 Å². The fourth-order valence-corrected chi connectivity index (χ4v) is 3.33. The van der Waals surface area contributed by atoms with Crippen LogP contribution in [0.15, 0.2) is 18.2 Å². The first-order valence-corrected chi connectivity index (χ1v) is 8.94. The second-order valence-corrected chi connectivity index (χ2v) is 7.29. The first kappa shape index (κ1) is 17.6. The van der Waals surface area contributed by atoms with E-state index < -0.39 is 0 Å². The van der Waals surface area contributed by atoms with Gasteiger partial charge in [0.05, 0.1) is 13.0 Å². The smallest absolute Gasteiger partial charge is 0.233 e. The molecule has 0 spiro atoms. The van der Waals surface area contributed by atoms with E-state index in [9.17, 15) is 4.79 Å². The van der Waals surface area contributed by atoms with Crippen molar-refractivity contribution in [2.24, 2.45) is 5.92 Å². The number of amides is 1. The van der Waals surface area contributed by atoms with E-state index in [2.05, 4.69) is 20.4 Å². The SMILES string of the molecule is COc1ccc2c(c1)CC(C(=O)Nc1nnc(CCN(C)C)s1)CO2. The lowest BCUT2D eigenvalue weighted by atomic mass is 9.96. The number of nitrogens with one attached hydrogen (secondary N) is 1. The monoisotopic (exact) mass is 362 g/mol. The molecule has 2 heterocycles. The average Bonchev–Trinajstić information content (AvgIpc) is 3.06. The van der Waals surface area contributed by atoms with Gasteiger partial charge in [-0.1, -0.05) is 11.3 Å². The van der Waals surface area contributed by atoms with Crippen molar-refractivity contribution in [3.63, 3.8) is 0 Å². The van der Waals surface area contributed by atoms with Crippen LogP contribution >= 0.6 is 11.3 Å². The average molecular weight is 362 g/mol. The molecule has 1 atom stereocenters. The third-order valence-corrected chi connectivity index (χ3v) is 4.91. The van der Waals surface area contributed by atoms with Crippen LogP contribution in [0.25, 0.3) is 0 Å². The van der Waals surface area contributed by atoms with Crippen LogP contribution in [0.5, 0.6) is 11.5 Å². The van der Waals surface area contributed by atoms with Crippen molar-refractivity contribution in [1.29, 1.82) is 0 Å². The minimum Gasteiger partial charge on any atom is -0.497 e. The van der Waals surface area contributed by atoms with Crippen LogP contribution < -0.4 is 14.8 Å². The van der Waals surface area contributed by atoms with Crippen molar-refractivity contribution in [1.82, 2.24) is 15.1 Å². The highest BCUT2D eigenvalue weighted by Crippen LogP contribution is 2.31. The van der Waals surface area contributed by atoms with Gasteiger partial charge in [-0.05, 0) is 44.3 Å². The number of hydrogen-bond donors (Lipinski definition) is 1. The molecule has 0 radical (unpaired) electrons. The van der Waals surface area contributed by atoms with Crippen molar-refractivity contribution in [2.75, 3.05) is 39.7 Å². The van der Waals surface area contributed by atoms with Crippen LogP contribution in [-0.4, -0.2) is 55.4 Å². The van der Waals surface area contributed by atoms with Crippen molar-refractivity contribution >= 4 is 22.4 Å². The quantitative estimate of drug-likeness (QED) is 0.845. The van der Waals surface area contributed by atoms with Crippen LogP contribution in [0, 0.1) is 5.92 Å². The lowest BCUT2D eigenvalue weighted by Gasteiger charge is -2.24. The van der Waals surface area contributed by atoms with Gasteiger partial charge in [-0.2, -0.15) is 0 Å². The van der Waals surface area contributed by atoms with Gasteiger partial charge in [0.2, 0.25) is 11.0 Å². The molecule has 8 heteroatoms. The number of likely N-dealkylation sites (N-methyl/N-ethyl adjacent to an activating group) is 1. The van der Waals surface area contributed by atoms with E-state index in [4.69, 9.17) is 9.47 Å². The molecule has 0 fully saturated rings. The number of benzene rings is 1. The number of anilines is 1. The Balaban J connectivity index is 1.60. The molecule has 0 saturated carbocycles. The van der Waals surface area contributed by atoms with Crippen LogP contribution in [-0.2, 0) is 17.6 Å². The first-order valence-electron chi connectivity index (χ1n) is 8.13. The van der Waals surface area contributed by atoms with Gasteiger partial charge in [0.1, 0.15) is 23.1 Å². The Hall–Kier alpha value is -2.19. The fraction of sp³-hybridized carbons (Fsp3) is 0.471. The minimum atomic E-state index is -0.256. The van der Waals surface area contributed by atoms with E-state index in [1.54, 1.807) is 7.11 Å². The lowest BCUT2D eigenvalue weighted by molar-refractivity contribution is -0.121. The summed E-state index contributed by atoms with van der Waals surface area (Å²) < 4.78 is 10.9. The molecule has 1 aromatic carbocycles. The zero-order valence-electron chi connectivity index (χ0n) is 14.6. The highest BCUT2D eigenvalue weighted by atomic mass is 32.1. The number of carbonyl (C=O) groups is 1. The molecule has 134 valence electrons. The fourth-order valence-electron chi connectivity index (χ4n) is 2.60. The predicted octanol–water partition coefficient (Wildman–Crippen LogP) is 1.84. The number of rotatable bonds is 6. The molecular weight excluding hydrogens is 340 g/mol. The molecule has 1 amide bonds. The molecular formula is C17H22N4O3S. The summed E-state index contributed by atoms with van der Waals surface area (Å²) in [5.41, 5.74) is 0.981. The largest absolute Gasteiger partial charge is 0.497 e. The Morgan fingerprint density at radius 3 is 3.04 bits per heavy atom. The third kappa shape index (κ3) is 4.46. The number of fused-ring (bicyclic) bond motifs is 1. The summed E-state index contributed by atoms with van der Waals surface area (Å²) in [4.78, 5) is 14.6. The van der Waals surface area contributed by atoms with Gasteiger partial charge in [0, 0.05) is 13.0 Å². The minimum absolute atomic E-state index is 0.0937. The van der Waals surface area contributed by atoms with Crippen LogP contribution in [0.3, 0.4) is 0 Å². The summed E-state index contributed by atoms with van der Waals surface area (Å²) >= 11 is 1.42. The molecule has 1 aliphatic heterocycles. The highest BCUT2D eigenvalue weighted by Gasteiger charge is 2.27. The predicted molar refractivity (Wildman–Crippen MR) is 96.5 cm³/mol. The number of ether oxygens (including phenoxy) is 2. The molecule has 25 heavy (non-hydrogen) atoms. The number of hydrogen-bond acceptors (Lipinski definition) is 7. The molecule has 0 bridgehead atoms. The van der Waals surface area contributed by atoms with E-state index in [-0.39, 0.29) is 11.8 Å². The van der Waals surface area contributed by atoms with Crippen molar-refractivity contribution in [3.8, 4) is 11.5 Å². The molecule has 7 nitrogen and oxygen atoms in total. The zero-order chi connectivity index (χ0) is 17.8. The molecule has 0 saturated heterocycles. The van der Waals surface area contributed by atoms with Crippen molar-refractivity contribution < 1.29 is 14.3 Å². The Morgan fingerprint density at radius 2 is 2.28 bits per heavy atom. The van der Waals surface area contributed by atoms with E-state index in [1.807, 2.05) is 32.3 Å². The van der Waals surface area contributed by atoms with E-state index in [0.29, 0.717) is 18.2 Å². The molecule has 0 aliphatic carbocycles. The normalized spacial score (nSPS) is 16.2. The summed E-state index contributed by atoms with van der Waals surface area (Å²) in [5, 5.41) is 12.5. The highest BCUT2D eigenvalue weighted by molar-refractivity contribution is 7.15. The molecule has 1 aromatic heterocycles. The summed E-state index contributed by atoms with van der Waals surface area (Å²) in [6, 6.07) is 5.65. The van der Waals surface area contributed by atoms with Crippen molar-refractivity contribution in [3.05, 3.63) is 28.8 Å². The summed E-state index contributed by atoms with van der Waals surface area (Å²) in [6.45, 7) is 1.26. The topological polar surface area (TPSA) is 76.6 Å². The van der Waals surface area contributed by atoms with E-state index >= 15 is 0 Å². The number of nitrogens with zero attached hydrogens (tertiary/aromatic N) is 3. The van der Waals surface area contributed by atoms with E-state index in [0.717, 1.165) is 35.0 Å². The zero-order valence-corrected chi connectivity index (χ0v) is 15.4. The number of methoxy groups -OCH3 is 1. The Kier molecular flexibility index (Phi) is 5.50. The number of aromatic nitrogens is 2. The molecule has 3 rings (SSSR count). The molecule has 1 unspecified atom stereocenters. The lowest BCUT2D eigenvalue weighted by Crippen LogP contribution is -2.32. The maximum atomic E-state index is 12.5. The van der Waals surface area contributed by atoms with Gasteiger partial charge >= 0.3 is 0 Å². The van der Waals surface area contributed by atoms with Gasteiger partial charge in [-0.25, -0.2) is 0 Å². The van der Waals surface area contributed by atoms with Gasteiger partial charge < -0.3 is 19.7 Å². The van der Waals surface area contributed by atoms with Gasteiger partial charge in [0.15, 0.2) is 0 Å². The molecule has 1 N–H and O–H groups in total. The standard InChI is InChI=1S/C17H22N4O3S/c1-21(2)7-6-15-19-20-17(25-15)18-16(22)12-8-11-9-13(23-3)4-5-14(11)24-10-12/h4-5,9,12H,6-8,10H2,1-3H3,(H,18,20,22). The Labute approximate surface area is 151 Å². The van der Waals surface area contributed by atoms with Crippen molar-refractivity contribution in [2.45, 2.75) is 12.8 Å². The summed E-state index contributed by atoms with van der Waals surface area (Å²) in [6.07, 6.45) is 1.44.